The van der Waals surface area contributed by atoms with Crippen molar-refractivity contribution in [3.8, 4) is 15.4 Å². The standard InChI is InChI=1S/C49H60ClN9O6S2/c1-28-30(3)67-48-41(28)42(33-16-18-35(50)19-17-33)54-37(45-57-56-31(4)59(45)48)23-39(61)51-20-10-8-9-11-21-65-26-40(62)55-44(49(5,6)7)47(64)58-25-36(60)22-38(58)46(63)52-24-32-12-14-34(15-13-32)43-29(2)53-27-66-43/h12-19,27,36-38,44,60H,8-11,20-26H2,1-7H3,(H,51,61)(H,52,63)(H,55,62)/t36-,37+,38+,44-/m1/s1. The Labute approximate surface area is 404 Å². The second-order valence-electron chi connectivity index (χ2n) is 18.4. The number of carbonyl (C=O) groups is 4. The molecule has 0 radical (unpaired) electrons. The van der Waals surface area contributed by atoms with E-state index < -0.39 is 41.5 Å². The third kappa shape index (κ3) is 11.9. The lowest BCUT2D eigenvalue weighted by atomic mass is 9.85. The van der Waals surface area contributed by atoms with Gasteiger partial charge in [0.15, 0.2) is 5.82 Å². The third-order valence-corrected chi connectivity index (χ3v) is 14.6. The Balaban J connectivity index is 0.832. The Morgan fingerprint density at radius 2 is 1.64 bits per heavy atom. The van der Waals surface area contributed by atoms with Crippen molar-refractivity contribution in [3.63, 3.8) is 0 Å². The van der Waals surface area contributed by atoms with Crippen LogP contribution in [0.2, 0.25) is 5.02 Å². The molecule has 0 spiro atoms. The Hall–Kier alpha value is -5.33. The highest BCUT2D eigenvalue weighted by Crippen LogP contribution is 2.40. The Morgan fingerprint density at radius 1 is 0.925 bits per heavy atom. The molecule has 3 aromatic heterocycles. The van der Waals surface area contributed by atoms with Gasteiger partial charge in [-0.05, 0) is 74.8 Å². The number of rotatable bonds is 18. The molecule has 7 rings (SSSR count). The van der Waals surface area contributed by atoms with E-state index in [9.17, 15) is 24.3 Å². The minimum atomic E-state index is -0.952. The predicted octanol–water partition coefficient (Wildman–Crippen LogP) is 7.12. The van der Waals surface area contributed by atoms with Crippen LogP contribution in [0.1, 0.15) is 110 Å². The maximum absolute atomic E-state index is 14.0. The van der Waals surface area contributed by atoms with Crippen molar-refractivity contribution >= 4 is 63.6 Å². The van der Waals surface area contributed by atoms with E-state index in [1.54, 1.807) is 22.7 Å². The van der Waals surface area contributed by atoms with E-state index in [-0.39, 0.29) is 44.4 Å². The number of hydrogen-bond donors (Lipinski definition) is 4. The number of hydrogen-bond acceptors (Lipinski definition) is 12. The van der Waals surface area contributed by atoms with Gasteiger partial charge in [0, 0.05) is 53.7 Å². The second-order valence-corrected chi connectivity index (χ2v) is 20.9. The van der Waals surface area contributed by atoms with Crippen LogP contribution in [0.4, 0.5) is 0 Å². The van der Waals surface area contributed by atoms with E-state index in [1.807, 2.05) is 93.2 Å². The summed E-state index contributed by atoms with van der Waals surface area (Å²) in [5, 5.41) is 29.9. The average Bonchev–Trinajstić information content (AvgIpc) is 4.06. The number of unbranched alkanes of at least 4 members (excludes halogenated alkanes) is 3. The maximum Gasteiger partial charge on any atom is 0.246 e. The van der Waals surface area contributed by atoms with Crippen LogP contribution in [0.15, 0.2) is 59.0 Å². The molecule has 356 valence electrons. The number of nitrogens with one attached hydrogen (secondary N) is 3. The minimum Gasteiger partial charge on any atom is -0.391 e. The van der Waals surface area contributed by atoms with Gasteiger partial charge in [0.25, 0.3) is 0 Å². The smallest absolute Gasteiger partial charge is 0.246 e. The lowest BCUT2D eigenvalue weighted by molar-refractivity contribution is -0.144. The van der Waals surface area contributed by atoms with Gasteiger partial charge < -0.3 is 30.7 Å². The molecule has 0 bridgehead atoms. The van der Waals surface area contributed by atoms with E-state index in [4.69, 9.17) is 21.3 Å². The number of nitrogens with zero attached hydrogens (tertiary/aromatic N) is 6. The summed E-state index contributed by atoms with van der Waals surface area (Å²) < 4.78 is 7.73. The van der Waals surface area contributed by atoms with E-state index in [2.05, 4.69) is 45.0 Å². The van der Waals surface area contributed by atoms with Crippen LogP contribution in [0, 0.1) is 33.1 Å². The van der Waals surface area contributed by atoms with Crippen molar-refractivity contribution < 1.29 is 29.0 Å². The lowest BCUT2D eigenvalue weighted by Crippen LogP contribution is -2.58. The fraction of sp³-hybridized carbons (Fsp3) is 0.469. The normalized spacial score (nSPS) is 17.3. The first-order chi connectivity index (χ1) is 32.0. The number of β-amino-alcohol motifs (C(OH)–C–C–N with tert-alkyl or cyclic N) is 1. The Bertz CT molecular complexity index is 2600. The summed E-state index contributed by atoms with van der Waals surface area (Å²) in [6.07, 6.45) is 2.50. The highest BCUT2D eigenvalue weighted by atomic mass is 35.5. The topological polar surface area (TPSA) is 193 Å². The number of aliphatic hydroxyl groups is 1. The number of thiazole rings is 1. The molecule has 18 heteroatoms. The number of halogens is 1. The summed E-state index contributed by atoms with van der Waals surface area (Å²) in [5.41, 5.74) is 7.88. The number of aliphatic hydroxyl groups excluding tert-OH is 1. The zero-order valence-electron chi connectivity index (χ0n) is 39.1. The predicted molar refractivity (Wildman–Crippen MR) is 262 cm³/mol. The van der Waals surface area contributed by atoms with Crippen LogP contribution in [0.25, 0.3) is 15.4 Å². The van der Waals surface area contributed by atoms with Crippen molar-refractivity contribution in [2.75, 3.05) is 26.3 Å². The Morgan fingerprint density at radius 3 is 2.34 bits per heavy atom. The fourth-order valence-electron chi connectivity index (χ4n) is 8.44. The maximum atomic E-state index is 14.0. The van der Waals surface area contributed by atoms with Crippen molar-refractivity contribution in [2.45, 2.75) is 118 Å². The number of ether oxygens (including phenoxy) is 1. The minimum absolute atomic E-state index is 0.0107. The highest BCUT2D eigenvalue weighted by Gasteiger charge is 2.44. The van der Waals surface area contributed by atoms with Gasteiger partial charge in [-0.2, -0.15) is 0 Å². The van der Waals surface area contributed by atoms with Crippen LogP contribution in [-0.4, -0.2) is 104 Å². The molecule has 5 heterocycles. The number of thiophene rings is 1. The number of amides is 4. The largest absolute Gasteiger partial charge is 0.391 e. The first kappa shape index (κ1) is 49.6. The monoisotopic (exact) mass is 969 g/mol. The van der Waals surface area contributed by atoms with Crippen LogP contribution in [0.3, 0.4) is 0 Å². The molecule has 0 unspecified atom stereocenters. The number of benzene rings is 2. The van der Waals surface area contributed by atoms with Gasteiger partial charge in [-0.1, -0.05) is 81.6 Å². The molecule has 15 nitrogen and oxygen atoms in total. The third-order valence-electron chi connectivity index (χ3n) is 12.2. The summed E-state index contributed by atoms with van der Waals surface area (Å²) in [7, 11) is 0. The molecule has 1 fully saturated rings. The molecule has 67 heavy (non-hydrogen) atoms. The first-order valence-corrected chi connectivity index (χ1v) is 24.8. The lowest BCUT2D eigenvalue weighted by Gasteiger charge is -2.35. The summed E-state index contributed by atoms with van der Waals surface area (Å²) in [5.74, 6) is -0.00617. The molecule has 1 saturated heterocycles. The van der Waals surface area contributed by atoms with E-state index in [0.717, 1.165) is 74.2 Å². The molecular formula is C49H60ClN9O6S2. The molecule has 4 atom stereocenters. The zero-order valence-corrected chi connectivity index (χ0v) is 41.5. The van der Waals surface area contributed by atoms with Crippen molar-refractivity contribution in [1.82, 2.24) is 40.6 Å². The SMILES string of the molecule is Cc1ncsc1-c1ccc(CNC(=O)[C@@H]2C[C@@H](O)CN2C(=O)[C@@H](NC(=O)COCCCCCCNC(=O)C[C@@H]2N=C(c3ccc(Cl)cc3)c3c(sc(C)c3C)-n3c(C)nnc32)C(C)(C)C)cc1. The van der Waals surface area contributed by atoms with Crippen molar-refractivity contribution in [3.05, 3.63) is 104 Å². The van der Waals surface area contributed by atoms with Gasteiger partial charge in [-0.15, -0.1) is 32.9 Å². The quantitative estimate of drug-likeness (QED) is 0.0662. The van der Waals surface area contributed by atoms with Gasteiger partial charge >= 0.3 is 0 Å². The van der Waals surface area contributed by atoms with Crippen LogP contribution in [0.5, 0.6) is 0 Å². The number of carbonyl (C=O) groups excluding carboxylic acids is 4. The second kappa shape index (κ2) is 21.7. The van der Waals surface area contributed by atoms with Gasteiger partial charge in [0.1, 0.15) is 35.6 Å². The highest BCUT2D eigenvalue weighted by molar-refractivity contribution is 7.15. The number of likely N-dealkylation sites (tertiary alicyclic amines) is 1. The van der Waals surface area contributed by atoms with Crippen molar-refractivity contribution in [1.29, 1.82) is 0 Å². The van der Waals surface area contributed by atoms with Crippen molar-refractivity contribution in [2.24, 2.45) is 10.4 Å². The molecule has 0 aliphatic carbocycles. The van der Waals surface area contributed by atoms with E-state index in [0.29, 0.717) is 30.4 Å². The molecule has 2 aliphatic rings. The molecular weight excluding hydrogens is 910 g/mol. The van der Waals surface area contributed by atoms with Gasteiger partial charge in [0.05, 0.1) is 34.3 Å². The average molecular weight is 971 g/mol. The van der Waals surface area contributed by atoms with Gasteiger partial charge in [-0.25, -0.2) is 4.98 Å². The number of aliphatic imine (C=N–C) groups is 1. The molecule has 4 amide bonds. The van der Waals surface area contributed by atoms with Crippen LogP contribution >= 0.6 is 34.3 Å². The summed E-state index contributed by atoms with van der Waals surface area (Å²) >= 11 is 9.48. The first-order valence-electron chi connectivity index (χ1n) is 22.8. The molecule has 4 N–H and O–H groups in total. The molecule has 2 aromatic carbocycles. The summed E-state index contributed by atoms with van der Waals surface area (Å²) in [4.78, 5) is 67.1. The van der Waals surface area contributed by atoms with Crippen LogP contribution in [-0.2, 0) is 30.5 Å². The van der Waals surface area contributed by atoms with E-state index >= 15 is 0 Å². The van der Waals surface area contributed by atoms with E-state index in [1.165, 1.54) is 9.78 Å². The number of aromatic nitrogens is 4. The summed E-state index contributed by atoms with van der Waals surface area (Å²) in [6, 6.07) is 13.1. The molecule has 2 aliphatic heterocycles. The zero-order chi connectivity index (χ0) is 48.0. The fourth-order valence-corrected chi connectivity index (χ4v) is 10.6. The Kier molecular flexibility index (Phi) is 16.1. The number of aryl methyl sites for hydroxylation is 3. The molecule has 5 aromatic rings. The van der Waals surface area contributed by atoms with Gasteiger partial charge in [-0.3, -0.25) is 28.7 Å². The molecule has 0 saturated carbocycles. The number of fused-ring (bicyclic) bond motifs is 3. The summed E-state index contributed by atoms with van der Waals surface area (Å²) in [6.45, 7) is 14.5. The van der Waals surface area contributed by atoms with Gasteiger partial charge in [0.2, 0.25) is 23.6 Å². The van der Waals surface area contributed by atoms with Crippen LogP contribution < -0.4 is 16.0 Å².